The zero-order chi connectivity index (χ0) is 31.7. The summed E-state index contributed by atoms with van der Waals surface area (Å²) >= 11 is 0. The van der Waals surface area contributed by atoms with E-state index in [9.17, 15) is 0 Å². The van der Waals surface area contributed by atoms with Gasteiger partial charge in [0.1, 0.15) is 6.61 Å². The largest absolute Gasteiger partial charge is 0.480 e. The molecular weight excluding hydrogens is 558 g/mol. The number of fused-ring (bicyclic) bond motifs is 9. The predicted octanol–water partition coefficient (Wildman–Crippen LogP) is 9.55. The molecule has 2 nitrogen and oxygen atoms in total. The van der Waals surface area contributed by atoms with Gasteiger partial charge in [0.15, 0.2) is 5.76 Å². The molecule has 2 aliphatic carbocycles. The Hall–Kier alpha value is -5.52. The second-order valence-corrected chi connectivity index (χ2v) is 12.1. The lowest BCUT2D eigenvalue weighted by atomic mass is 9.69. The van der Waals surface area contributed by atoms with Gasteiger partial charge < -0.3 is 10.5 Å². The van der Waals surface area contributed by atoms with Crippen molar-refractivity contribution in [3.05, 3.63) is 190 Å². The van der Waals surface area contributed by atoms with Crippen LogP contribution in [-0.4, -0.2) is 6.61 Å². The lowest BCUT2D eigenvalue weighted by Crippen LogP contribution is -2.27. The molecule has 0 aromatic heterocycles. The number of rotatable bonds is 5. The van der Waals surface area contributed by atoms with Crippen LogP contribution in [0.2, 0.25) is 0 Å². The fourth-order valence-corrected chi connectivity index (χ4v) is 7.52. The second kappa shape index (κ2) is 12.1. The number of hydrogen-bond acceptors (Lipinski definition) is 2. The van der Waals surface area contributed by atoms with E-state index < -0.39 is 5.41 Å². The van der Waals surface area contributed by atoms with Crippen molar-refractivity contribution in [2.24, 2.45) is 11.7 Å². The van der Waals surface area contributed by atoms with Gasteiger partial charge in [-0.15, -0.1) is 6.42 Å². The van der Waals surface area contributed by atoms with Crippen molar-refractivity contribution >= 4 is 11.1 Å². The summed E-state index contributed by atoms with van der Waals surface area (Å²) in [5.41, 5.74) is 20.1. The maximum Gasteiger partial charge on any atom is 0.173 e. The summed E-state index contributed by atoms with van der Waals surface area (Å²) in [5.74, 6) is 3.52. The smallest absolute Gasteiger partial charge is 0.173 e. The summed E-state index contributed by atoms with van der Waals surface area (Å²) in [6, 6.07) is 35.0. The van der Waals surface area contributed by atoms with E-state index in [4.69, 9.17) is 16.9 Å². The molecule has 3 aliphatic rings. The summed E-state index contributed by atoms with van der Waals surface area (Å²) in [7, 11) is 0. The lowest BCUT2D eigenvalue weighted by molar-refractivity contribution is 0.266. The Morgan fingerprint density at radius 2 is 1.61 bits per heavy atom. The normalized spacial score (nSPS) is 22.5. The number of terminal acetylenes is 1. The van der Waals surface area contributed by atoms with Gasteiger partial charge in [0.2, 0.25) is 0 Å². The highest BCUT2D eigenvalue weighted by Gasteiger charge is 2.52. The third kappa shape index (κ3) is 4.59. The SMILES string of the molecule is C#C/C1=C(\C=C/C)C(C)/C=C\C2=C(CO1)c1ccccc1C21c2ccccc2-c2ccc(C/C=C\C(=C/N)c3ccccc3)cc21. The maximum atomic E-state index is 6.51. The first-order valence-electron chi connectivity index (χ1n) is 16.0. The zero-order valence-corrected chi connectivity index (χ0v) is 26.3. The number of nitrogens with two attached hydrogens (primary N) is 1. The molecule has 1 aliphatic heterocycles. The van der Waals surface area contributed by atoms with Gasteiger partial charge in [-0.25, -0.2) is 0 Å². The van der Waals surface area contributed by atoms with Crippen LogP contribution in [0.25, 0.3) is 22.3 Å². The van der Waals surface area contributed by atoms with Crippen LogP contribution in [0.5, 0.6) is 0 Å². The maximum absolute atomic E-state index is 6.51. The van der Waals surface area contributed by atoms with Gasteiger partial charge >= 0.3 is 0 Å². The highest BCUT2D eigenvalue weighted by molar-refractivity contribution is 5.96. The first-order chi connectivity index (χ1) is 22.6. The van der Waals surface area contributed by atoms with Crippen molar-refractivity contribution < 1.29 is 4.74 Å². The van der Waals surface area contributed by atoms with Crippen LogP contribution in [0, 0.1) is 18.3 Å². The molecule has 4 aromatic carbocycles. The molecular formula is C44H37NO. The van der Waals surface area contributed by atoms with Gasteiger partial charge in [0, 0.05) is 23.3 Å². The molecule has 0 radical (unpaired) electrons. The van der Waals surface area contributed by atoms with Gasteiger partial charge in [-0.2, -0.15) is 0 Å². The molecule has 7 rings (SSSR count). The molecule has 0 bridgehead atoms. The predicted molar refractivity (Wildman–Crippen MR) is 192 cm³/mol. The third-order valence-electron chi connectivity index (χ3n) is 9.57. The van der Waals surface area contributed by atoms with Crippen LogP contribution in [0.15, 0.2) is 157 Å². The molecule has 0 saturated heterocycles. The molecule has 2 atom stereocenters. The summed E-state index contributed by atoms with van der Waals surface area (Å²) in [6.07, 6.45) is 21.6. The van der Waals surface area contributed by atoms with E-state index in [0.29, 0.717) is 12.4 Å². The first kappa shape index (κ1) is 29.2. The third-order valence-corrected chi connectivity index (χ3v) is 9.57. The second-order valence-electron chi connectivity index (χ2n) is 12.1. The van der Waals surface area contributed by atoms with Gasteiger partial charge in [-0.3, -0.25) is 0 Å². The Morgan fingerprint density at radius 3 is 2.35 bits per heavy atom. The van der Waals surface area contributed by atoms with Crippen LogP contribution >= 0.6 is 0 Å². The first-order valence-corrected chi connectivity index (χ1v) is 16.0. The summed E-state index contributed by atoms with van der Waals surface area (Å²) in [5, 5.41) is 0. The van der Waals surface area contributed by atoms with E-state index in [1.807, 2.05) is 31.2 Å². The minimum atomic E-state index is -0.467. The molecule has 0 amide bonds. The Balaban J connectivity index is 1.39. The topological polar surface area (TPSA) is 35.2 Å². The molecule has 2 N–H and O–H groups in total. The summed E-state index contributed by atoms with van der Waals surface area (Å²) in [4.78, 5) is 0. The molecule has 0 fully saturated rings. The van der Waals surface area contributed by atoms with Gasteiger partial charge in [-0.1, -0.05) is 140 Å². The fraction of sp³-hybridized carbons (Fsp3) is 0.136. The summed E-state index contributed by atoms with van der Waals surface area (Å²) in [6.45, 7) is 4.61. The van der Waals surface area contributed by atoms with Crippen molar-refractivity contribution in [1.82, 2.24) is 0 Å². The molecule has 4 aromatic rings. The van der Waals surface area contributed by atoms with E-state index in [2.05, 4.69) is 122 Å². The molecule has 1 heterocycles. The number of ether oxygens (including phenoxy) is 1. The minimum absolute atomic E-state index is 0.0804. The summed E-state index contributed by atoms with van der Waals surface area (Å²) < 4.78 is 6.51. The van der Waals surface area contributed by atoms with Crippen LogP contribution < -0.4 is 5.73 Å². The van der Waals surface area contributed by atoms with Crippen molar-refractivity contribution in [1.29, 1.82) is 0 Å². The van der Waals surface area contributed by atoms with Crippen molar-refractivity contribution in [2.75, 3.05) is 6.61 Å². The van der Waals surface area contributed by atoms with Crippen LogP contribution in [0.1, 0.15) is 47.2 Å². The molecule has 2 heteroatoms. The number of allylic oxidation sites excluding steroid dienone is 10. The minimum Gasteiger partial charge on any atom is -0.480 e. The zero-order valence-electron chi connectivity index (χ0n) is 26.3. The van der Waals surface area contributed by atoms with E-state index >= 15 is 0 Å². The number of hydrogen-bond donors (Lipinski definition) is 1. The average molecular weight is 596 g/mol. The van der Waals surface area contributed by atoms with Crippen molar-refractivity contribution in [3.8, 4) is 23.5 Å². The molecule has 224 valence electrons. The average Bonchev–Trinajstić information content (AvgIpc) is 3.56. The number of benzene rings is 4. The van der Waals surface area contributed by atoms with E-state index in [0.717, 1.165) is 23.1 Å². The van der Waals surface area contributed by atoms with E-state index in [1.54, 1.807) is 6.20 Å². The van der Waals surface area contributed by atoms with E-state index in [1.165, 1.54) is 50.1 Å². The Labute approximate surface area is 272 Å². The van der Waals surface area contributed by atoms with Crippen LogP contribution in [0.4, 0.5) is 0 Å². The molecule has 0 saturated carbocycles. The Bertz CT molecular complexity index is 2060. The molecule has 46 heavy (non-hydrogen) atoms. The standard InChI is InChI=1S/C44H37NO/c1-4-14-34-30(3)23-26-41-38(29-46-43(34)5-2)36-20-10-12-22-40(36)44(41)39-21-11-9-19-35(39)37-25-24-31(27-42(37)44)15-13-18-33(28-45)32-16-7-6-8-17-32/h2,4,6-14,16-28,30H,15,29,45H2,1,3H3/b14-4-,18-13-,26-23-,33-28+,43-34-. The highest BCUT2D eigenvalue weighted by atomic mass is 16.5. The monoisotopic (exact) mass is 595 g/mol. The van der Waals surface area contributed by atoms with Crippen LogP contribution in [-0.2, 0) is 16.6 Å². The van der Waals surface area contributed by atoms with Crippen molar-refractivity contribution in [2.45, 2.75) is 25.7 Å². The van der Waals surface area contributed by atoms with Crippen LogP contribution in [0.3, 0.4) is 0 Å². The van der Waals surface area contributed by atoms with Crippen molar-refractivity contribution in [3.63, 3.8) is 0 Å². The Morgan fingerprint density at radius 1 is 0.913 bits per heavy atom. The highest BCUT2D eigenvalue weighted by Crippen LogP contribution is 2.62. The molecule has 1 spiro atoms. The van der Waals surface area contributed by atoms with Gasteiger partial charge in [0.05, 0.1) is 5.41 Å². The lowest BCUT2D eigenvalue weighted by Gasteiger charge is -2.32. The quantitative estimate of drug-likeness (QED) is 0.184. The van der Waals surface area contributed by atoms with Gasteiger partial charge in [0.25, 0.3) is 0 Å². The molecule has 2 unspecified atom stereocenters. The Kier molecular flexibility index (Phi) is 7.69. The van der Waals surface area contributed by atoms with Gasteiger partial charge in [-0.05, 0) is 74.9 Å². The fourth-order valence-electron chi connectivity index (χ4n) is 7.52. The van der Waals surface area contributed by atoms with E-state index in [-0.39, 0.29) is 5.92 Å².